The van der Waals surface area contributed by atoms with Gasteiger partial charge < -0.3 is 9.47 Å². The Morgan fingerprint density at radius 2 is 1.28 bits per heavy atom. The molecule has 0 spiro atoms. The van der Waals surface area contributed by atoms with Crippen molar-refractivity contribution in [2.45, 2.75) is 26.7 Å². The van der Waals surface area contributed by atoms with Gasteiger partial charge in [0.1, 0.15) is 0 Å². The molecule has 0 bridgehead atoms. The summed E-state index contributed by atoms with van der Waals surface area (Å²) >= 11 is 0. The average molecular weight is 254 g/mol. The summed E-state index contributed by atoms with van der Waals surface area (Å²) < 4.78 is 10.0. The lowest BCUT2D eigenvalue weighted by Crippen LogP contribution is -2.15. The summed E-state index contributed by atoms with van der Waals surface area (Å²) in [5.41, 5.74) is 0. The van der Waals surface area contributed by atoms with Crippen molar-refractivity contribution in [1.82, 2.24) is 0 Å². The lowest BCUT2D eigenvalue weighted by atomic mass is 10.2. The summed E-state index contributed by atoms with van der Waals surface area (Å²) in [6.45, 7) is 11.2. The SMILES string of the molecule is C=CC(C)C(=O)OCCCCOC(=O)C(C)C=C. The molecule has 0 aromatic heterocycles. The van der Waals surface area contributed by atoms with E-state index in [1.807, 2.05) is 0 Å². The summed E-state index contributed by atoms with van der Waals surface area (Å²) in [5, 5.41) is 0. The molecule has 0 N–H and O–H groups in total. The number of ether oxygens (including phenoxy) is 2. The van der Waals surface area contributed by atoms with Crippen LogP contribution in [0.25, 0.3) is 0 Å². The molecule has 0 amide bonds. The van der Waals surface area contributed by atoms with Crippen molar-refractivity contribution in [2.24, 2.45) is 11.8 Å². The molecule has 102 valence electrons. The third-order valence-electron chi connectivity index (χ3n) is 2.48. The maximum Gasteiger partial charge on any atom is 0.312 e. The molecule has 0 rings (SSSR count). The maximum absolute atomic E-state index is 11.3. The van der Waals surface area contributed by atoms with Crippen LogP contribution in [0, 0.1) is 11.8 Å². The van der Waals surface area contributed by atoms with Crippen LogP contribution in [0.2, 0.25) is 0 Å². The van der Waals surface area contributed by atoms with E-state index in [1.54, 1.807) is 26.0 Å². The van der Waals surface area contributed by atoms with E-state index in [4.69, 9.17) is 9.47 Å². The van der Waals surface area contributed by atoms with Gasteiger partial charge in [-0.2, -0.15) is 0 Å². The molecule has 18 heavy (non-hydrogen) atoms. The van der Waals surface area contributed by atoms with Gasteiger partial charge in [0.2, 0.25) is 0 Å². The van der Waals surface area contributed by atoms with Gasteiger partial charge in [0.15, 0.2) is 0 Å². The highest BCUT2D eigenvalue weighted by Crippen LogP contribution is 2.02. The molecular formula is C14H22O4. The third kappa shape index (κ3) is 6.89. The molecule has 0 saturated carbocycles. The Kier molecular flexibility index (Phi) is 8.62. The van der Waals surface area contributed by atoms with E-state index in [2.05, 4.69) is 13.2 Å². The second kappa shape index (κ2) is 9.45. The number of hydrogen-bond donors (Lipinski definition) is 0. The van der Waals surface area contributed by atoms with Gasteiger partial charge in [0, 0.05) is 0 Å². The van der Waals surface area contributed by atoms with Crippen molar-refractivity contribution in [2.75, 3.05) is 13.2 Å². The van der Waals surface area contributed by atoms with Gasteiger partial charge in [-0.25, -0.2) is 0 Å². The van der Waals surface area contributed by atoms with Gasteiger partial charge in [0.25, 0.3) is 0 Å². The Balaban J connectivity index is 3.52. The zero-order valence-electron chi connectivity index (χ0n) is 11.2. The smallest absolute Gasteiger partial charge is 0.312 e. The number of carbonyl (C=O) groups excluding carboxylic acids is 2. The zero-order valence-corrected chi connectivity index (χ0v) is 11.2. The first-order valence-corrected chi connectivity index (χ1v) is 6.11. The van der Waals surface area contributed by atoms with Crippen molar-refractivity contribution < 1.29 is 19.1 Å². The van der Waals surface area contributed by atoms with E-state index in [9.17, 15) is 9.59 Å². The molecule has 4 heteroatoms. The van der Waals surface area contributed by atoms with Crippen LogP contribution < -0.4 is 0 Å². The molecule has 2 atom stereocenters. The van der Waals surface area contributed by atoms with Gasteiger partial charge in [-0.05, 0) is 26.7 Å². The first-order chi connectivity index (χ1) is 8.52. The van der Waals surface area contributed by atoms with Crippen LogP contribution >= 0.6 is 0 Å². The third-order valence-corrected chi connectivity index (χ3v) is 2.48. The van der Waals surface area contributed by atoms with Crippen LogP contribution in [0.5, 0.6) is 0 Å². The van der Waals surface area contributed by atoms with Crippen LogP contribution in [0.1, 0.15) is 26.7 Å². The van der Waals surface area contributed by atoms with Crippen molar-refractivity contribution >= 4 is 11.9 Å². The fraction of sp³-hybridized carbons (Fsp3) is 0.571. The number of rotatable bonds is 9. The largest absolute Gasteiger partial charge is 0.465 e. The molecule has 0 heterocycles. The van der Waals surface area contributed by atoms with Gasteiger partial charge in [-0.15, -0.1) is 13.2 Å². The molecule has 0 aliphatic rings. The van der Waals surface area contributed by atoms with E-state index < -0.39 is 0 Å². The molecule has 0 saturated heterocycles. The Morgan fingerprint density at radius 1 is 0.944 bits per heavy atom. The predicted octanol–water partition coefficient (Wildman–Crippen LogP) is 2.50. The fourth-order valence-electron chi connectivity index (χ4n) is 1.00. The lowest BCUT2D eigenvalue weighted by molar-refractivity contribution is -0.148. The number of carbonyl (C=O) groups is 2. The van der Waals surface area contributed by atoms with E-state index >= 15 is 0 Å². The van der Waals surface area contributed by atoms with E-state index in [0.717, 1.165) is 0 Å². The van der Waals surface area contributed by atoms with Crippen LogP contribution in [0.3, 0.4) is 0 Å². The standard InChI is InChI=1S/C14H22O4/c1-5-11(3)13(15)17-9-7-8-10-18-14(16)12(4)6-2/h5-6,11-12H,1-2,7-10H2,3-4H3. The number of esters is 2. The Bertz CT molecular complexity index is 266. The molecule has 4 nitrogen and oxygen atoms in total. The fourth-order valence-corrected chi connectivity index (χ4v) is 1.00. The lowest BCUT2D eigenvalue weighted by Gasteiger charge is -2.09. The minimum Gasteiger partial charge on any atom is -0.465 e. The maximum atomic E-state index is 11.3. The first kappa shape index (κ1) is 16.4. The van der Waals surface area contributed by atoms with Crippen LogP contribution in [-0.4, -0.2) is 25.2 Å². The summed E-state index contributed by atoms with van der Waals surface area (Å²) in [6.07, 6.45) is 4.43. The monoisotopic (exact) mass is 254 g/mol. The van der Waals surface area contributed by atoms with Gasteiger partial charge in [-0.1, -0.05) is 12.2 Å². The summed E-state index contributed by atoms with van der Waals surface area (Å²) in [6, 6.07) is 0. The van der Waals surface area contributed by atoms with Crippen LogP contribution in [0.15, 0.2) is 25.3 Å². The molecule has 0 aromatic carbocycles. The highest BCUT2D eigenvalue weighted by molar-refractivity contribution is 5.74. The van der Waals surface area contributed by atoms with Crippen molar-refractivity contribution in [1.29, 1.82) is 0 Å². The zero-order chi connectivity index (χ0) is 14.0. The topological polar surface area (TPSA) is 52.6 Å². The highest BCUT2D eigenvalue weighted by atomic mass is 16.5. The minimum atomic E-state index is -0.281. The van der Waals surface area contributed by atoms with Crippen molar-refractivity contribution in [3.05, 3.63) is 25.3 Å². The second-order valence-electron chi connectivity index (χ2n) is 4.09. The Morgan fingerprint density at radius 3 is 1.56 bits per heavy atom. The second-order valence-corrected chi connectivity index (χ2v) is 4.09. The summed E-state index contributed by atoms with van der Waals surface area (Å²) in [5.74, 6) is -1.11. The molecule has 2 unspecified atom stereocenters. The molecule has 0 aliphatic carbocycles. The minimum absolute atomic E-state index is 0.276. The molecule has 0 aromatic rings. The summed E-state index contributed by atoms with van der Waals surface area (Å²) in [4.78, 5) is 22.5. The average Bonchev–Trinajstić information content (AvgIpc) is 2.39. The predicted molar refractivity (Wildman–Crippen MR) is 69.9 cm³/mol. The molecular weight excluding hydrogens is 232 g/mol. The Labute approximate surface area is 109 Å². The van der Waals surface area contributed by atoms with Crippen molar-refractivity contribution in [3.8, 4) is 0 Å². The van der Waals surface area contributed by atoms with Gasteiger partial charge in [0.05, 0.1) is 25.0 Å². The summed E-state index contributed by atoms with van der Waals surface area (Å²) in [7, 11) is 0. The molecule has 0 radical (unpaired) electrons. The molecule has 0 fully saturated rings. The Hall–Kier alpha value is -1.58. The van der Waals surface area contributed by atoms with Crippen LogP contribution in [0.4, 0.5) is 0 Å². The highest BCUT2D eigenvalue weighted by Gasteiger charge is 2.10. The normalized spacial score (nSPS) is 13.2. The van der Waals surface area contributed by atoms with Crippen molar-refractivity contribution in [3.63, 3.8) is 0 Å². The number of hydrogen-bond acceptors (Lipinski definition) is 4. The first-order valence-electron chi connectivity index (χ1n) is 6.11. The quantitative estimate of drug-likeness (QED) is 0.360. The van der Waals surface area contributed by atoms with E-state index in [1.165, 1.54) is 0 Å². The number of unbranched alkanes of at least 4 members (excludes halogenated alkanes) is 1. The van der Waals surface area contributed by atoms with Gasteiger partial charge >= 0.3 is 11.9 Å². The van der Waals surface area contributed by atoms with E-state index in [0.29, 0.717) is 26.1 Å². The van der Waals surface area contributed by atoms with Gasteiger partial charge in [-0.3, -0.25) is 9.59 Å². The van der Waals surface area contributed by atoms with E-state index in [-0.39, 0.29) is 23.8 Å². The molecule has 0 aliphatic heterocycles. The van der Waals surface area contributed by atoms with Crippen LogP contribution in [-0.2, 0) is 19.1 Å².